The van der Waals surface area contributed by atoms with E-state index in [2.05, 4.69) is 22.7 Å². The Morgan fingerprint density at radius 2 is 2.05 bits per heavy atom. The van der Waals surface area contributed by atoms with Crippen LogP contribution in [0.1, 0.15) is 25.6 Å². The number of aliphatic imine (C=N–C) groups is 1. The minimum atomic E-state index is 0.639. The Morgan fingerprint density at radius 3 is 2.70 bits per heavy atom. The number of unbranched alkanes of at least 4 members (excludes halogenated alkanes) is 1. The number of rotatable bonds is 5. The molecule has 0 saturated heterocycles. The maximum atomic E-state index is 5.51. The first-order valence-electron chi connectivity index (χ1n) is 6.99. The molecule has 0 radical (unpaired) electrons. The van der Waals surface area contributed by atoms with Gasteiger partial charge in [-0.3, -0.25) is 0 Å². The molecule has 20 heavy (non-hydrogen) atoms. The molecule has 0 saturated carbocycles. The van der Waals surface area contributed by atoms with Crippen LogP contribution in [0.5, 0.6) is 0 Å². The second-order valence-electron chi connectivity index (χ2n) is 4.74. The van der Waals surface area contributed by atoms with Crippen LogP contribution in [0.3, 0.4) is 0 Å². The van der Waals surface area contributed by atoms with Gasteiger partial charge in [0.25, 0.3) is 0 Å². The Bertz CT molecular complexity index is 573. The highest BCUT2D eigenvalue weighted by atomic mass is 16.5. The molecule has 2 aromatic rings. The molecule has 0 fully saturated rings. The maximum absolute atomic E-state index is 5.51. The minimum absolute atomic E-state index is 0.639. The average molecular weight is 272 g/mol. The Hall–Kier alpha value is -2.10. The normalized spacial score (nSPS) is 11.7. The van der Waals surface area contributed by atoms with Crippen molar-refractivity contribution in [2.24, 2.45) is 12.0 Å². The number of nitrogens with zero attached hydrogens (tertiary/aromatic N) is 3. The molecule has 0 bridgehead atoms. The molecule has 0 aliphatic heterocycles. The van der Waals surface area contributed by atoms with Crippen molar-refractivity contribution in [1.29, 1.82) is 0 Å². The summed E-state index contributed by atoms with van der Waals surface area (Å²) in [6, 6.07) is 9.87. The fourth-order valence-corrected chi connectivity index (χ4v) is 2.11. The van der Waals surface area contributed by atoms with Crippen molar-refractivity contribution in [2.75, 3.05) is 7.11 Å². The fraction of sp³-hybridized carbons (Fsp3) is 0.375. The van der Waals surface area contributed by atoms with Gasteiger partial charge < -0.3 is 4.74 Å². The van der Waals surface area contributed by atoms with Crippen LogP contribution in [0.15, 0.2) is 47.7 Å². The molecule has 0 unspecified atom stereocenters. The monoisotopic (exact) mass is 272 g/mol. The van der Waals surface area contributed by atoms with Crippen molar-refractivity contribution in [3.05, 3.63) is 48.5 Å². The van der Waals surface area contributed by atoms with Crippen LogP contribution in [0, 0.1) is 0 Å². The topological polar surface area (TPSA) is 30.4 Å². The third kappa shape index (κ3) is 3.26. The second kappa shape index (κ2) is 6.89. The van der Waals surface area contributed by atoms with Gasteiger partial charge in [-0.1, -0.05) is 31.5 Å². The molecule has 4 nitrogen and oxygen atoms in total. The van der Waals surface area contributed by atoms with Gasteiger partial charge in [-0.2, -0.15) is 0 Å². The highest BCUT2D eigenvalue weighted by Gasteiger charge is 2.22. The van der Waals surface area contributed by atoms with E-state index in [1.165, 1.54) is 6.42 Å². The van der Waals surface area contributed by atoms with Crippen molar-refractivity contribution < 1.29 is 9.30 Å². The lowest BCUT2D eigenvalue weighted by atomic mass is 10.3. The first-order chi connectivity index (χ1) is 9.76. The average Bonchev–Trinajstić information content (AvgIpc) is 2.84. The molecule has 1 heterocycles. The number of methoxy groups -OCH3 is 1. The summed E-state index contributed by atoms with van der Waals surface area (Å²) in [4.78, 5) is 4.60. The Kier molecular flexibility index (Phi) is 4.93. The zero-order valence-electron chi connectivity index (χ0n) is 12.4. The van der Waals surface area contributed by atoms with E-state index in [9.17, 15) is 0 Å². The molecule has 4 heteroatoms. The van der Waals surface area contributed by atoms with Gasteiger partial charge in [0.1, 0.15) is 12.4 Å². The van der Waals surface area contributed by atoms with E-state index in [-0.39, 0.29) is 0 Å². The molecular weight excluding hydrogens is 250 g/mol. The van der Waals surface area contributed by atoms with Crippen molar-refractivity contribution >= 4 is 11.6 Å². The van der Waals surface area contributed by atoms with E-state index < -0.39 is 0 Å². The molecule has 0 aliphatic rings. The fourth-order valence-electron chi connectivity index (χ4n) is 2.11. The zero-order valence-corrected chi connectivity index (χ0v) is 12.4. The summed E-state index contributed by atoms with van der Waals surface area (Å²) in [6.07, 6.45) is 6.42. The van der Waals surface area contributed by atoms with Crippen molar-refractivity contribution in [3.63, 3.8) is 0 Å². The number of para-hydroxylation sites is 1. The molecule has 2 rings (SSSR count). The second-order valence-corrected chi connectivity index (χ2v) is 4.74. The standard InChI is InChI=1S/C16H22N3O/c1-4-5-11-19-13-12-18(2)16(19)15(20-3)17-14-9-7-6-8-10-14/h6-10,12-13H,4-5,11H2,1-3H3/q+1. The van der Waals surface area contributed by atoms with Crippen LogP contribution in [0.25, 0.3) is 0 Å². The lowest BCUT2D eigenvalue weighted by Crippen LogP contribution is -2.36. The number of hydrogen-bond acceptors (Lipinski definition) is 2. The molecule has 0 N–H and O–H groups in total. The first-order valence-corrected chi connectivity index (χ1v) is 6.99. The summed E-state index contributed by atoms with van der Waals surface area (Å²) >= 11 is 0. The maximum Gasteiger partial charge on any atom is 0.345 e. The summed E-state index contributed by atoms with van der Waals surface area (Å²) in [7, 11) is 3.68. The summed E-state index contributed by atoms with van der Waals surface area (Å²) in [5.41, 5.74) is 0.896. The van der Waals surface area contributed by atoms with Gasteiger partial charge in [0.05, 0.1) is 26.4 Å². The highest BCUT2D eigenvalue weighted by molar-refractivity contribution is 5.91. The summed E-state index contributed by atoms with van der Waals surface area (Å²) < 4.78 is 9.74. The molecule has 0 atom stereocenters. The Labute approximate surface area is 120 Å². The van der Waals surface area contributed by atoms with Crippen molar-refractivity contribution in [1.82, 2.24) is 4.57 Å². The molecule has 0 aliphatic carbocycles. The molecule has 1 aromatic heterocycles. The number of ether oxygens (including phenoxy) is 1. The Balaban J connectivity index is 2.36. The van der Waals surface area contributed by atoms with Gasteiger partial charge in [0, 0.05) is 0 Å². The highest BCUT2D eigenvalue weighted by Crippen LogP contribution is 2.13. The van der Waals surface area contributed by atoms with Gasteiger partial charge >= 0.3 is 11.7 Å². The number of imidazole rings is 1. The summed E-state index contributed by atoms with van der Waals surface area (Å²) in [6.45, 7) is 3.17. The quantitative estimate of drug-likeness (QED) is 0.468. The van der Waals surface area contributed by atoms with E-state index in [4.69, 9.17) is 4.74 Å². The SMILES string of the molecule is CCCCn1cc[n+](C)c1C(=Nc1ccccc1)OC. The van der Waals surface area contributed by atoms with Crippen LogP contribution in [-0.2, 0) is 18.3 Å². The van der Waals surface area contributed by atoms with Crippen molar-refractivity contribution in [3.8, 4) is 0 Å². The smallest absolute Gasteiger partial charge is 0.345 e. The molecule has 0 spiro atoms. The molecule has 0 amide bonds. The Morgan fingerprint density at radius 1 is 1.30 bits per heavy atom. The molecule has 106 valence electrons. The van der Waals surface area contributed by atoms with Crippen LogP contribution >= 0.6 is 0 Å². The minimum Gasteiger partial charge on any atom is -0.475 e. The van der Waals surface area contributed by atoms with Gasteiger partial charge in [-0.05, 0) is 18.6 Å². The number of aryl methyl sites for hydroxylation is 2. The van der Waals surface area contributed by atoms with E-state index in [0.29, 0.717) is 5.90 Å². The van der Waals surface area contributed by atoms with E-state index in [1.54, 1.807) is 7.11 Å². The van der Waals surface area contributed by atoms with Gasteiger partial charge in [0.15, 0.2) is 0 Å². The summed E-state index contributed by atoms with van der Waals surface area (Å²) in [5.74, 6) is 1.63. The largest absolute Gasteiger partial charge is 0.475 e. The predicted molar refractivity (Wildman–Crippen MR) is 80.2 cm³/mol. The molecule has 1 aromatic carbocycles. The predicted octanol–water partition coefficient (Wildman–Crippen LogP) is 2.84. The molecular formula is C16H22N3O+. The van der Waals surface area contributed by atoms with Crippen molar-refractivity contribution in [2.45, 2.75) is 26.3 Å². The number of hydrogen-bond donors (Lipinski definition) is 0. The van der Waals surface area contributed by atoms with Gasteiger partial charge in [-0.15, -0.1) is 0 Å². The van der Waals surface area contributed by atoms with Crippen LogP contribution in [-0.4, -0.2) is 17.6 Å². The lowest BCUT2D eigenvalue weighted by molar-refractivity contribution is -0.672. The third-order valence-corrected chi connectivity index (χ3v) is 3.20. The number of benzene rings is 1. The van der Waals surface area contributed by atoms with Crippen LogP contribution < -0.4 is 4.57 Å². The third-order valence-electron chi connectivity index (χ3n) is 3.20. The van der Waals surface area contributed by atoms with E-state index in [0.717, 1.165) is 24.5 Å². The van der Waals surface area contributed by atoms with Gasteiger partial charge in [0.2, 0.25) is 0 Å². The van der Waals surface area contributed by atoms with Crippen LogP contribution in [0.2, 0.25) is 0 Å². The van der Waals surface area contributed by atoms with Crippen LogP contribution in [0.4, 0.5) is 5.69 Å². The van der Waals surface area contributed by atoms with E-state index >= 15 is 0 Å². The number of aromatic nitrogens is 2. The summed E-state index contributed by atoms with van der Waals surface area (Å²) in [5, 5.41) is 0. The van der Waals surface area contributed by atoms with E-state index in [1.807, 2.05) is 48.1 Å². The lowest BCUT2D eigenvalue weighted by Gasteiger charge is -2.05. The van der Waals surface area contributed by atoms with Gasteiger partial charge in [-0.25, -0.2) is 14.1 Å². The zero-order chi connectivity index (χ0) is 14.4. The first kappa shape index (κ1) is 14.3.